The molecule has 0 aromatic carbocycles. The van der Waals surface area contributed by atoms with Gasteiger partial charge in [-0.25, -0.2) is 0 Å². The highest BCUT2D eigenvalue weighted by Gasteiger charge is 2.29. The summed E-state index contributed by atoms with van der Waals surface area (Å²) in [7, 11) is 0. The normalized spacial score (nSPS) is 16.8. The van der Waals surface area contributed by atoms with Gasteiger partial charge in [0.1, 0.15) is 6.54 Å². The number of allylic oxidation sites excluding steroid dienone is 2. The van der Waals surface area contributed by atoms with Gasteiger partial charge in [-0.05, 0) is 12.2 Å². The van der Waals surface area contributed by atoms with E-state index in [4.69, 9.17) is 0 Å². The summed E-state index contributed by atoms with van der Waals surface area (Å²) in [4.78, 5) is 0. The van der Waals surface area contributed by atoms with Crippen LogP contribution in [0.3, 0.4) is 0 Å². The molecular formula is C6H7F3N2. The average Bonchev–Trinajstić information content (AvgIpc) is 1.85. The summed E-state index contributed by atoms with van der Waals surface area (Å²) in [5.74, 6) is 0. The van der Waals surface area contributed by atoms with Crippen molar-refractivity contribution < 1.29 is 13.2 Å². The molecular weight excluding hydrogens is 157 g/mol. The monoisotopic (exact) mass is 164 g/mol. The molecule has 1 N–H and O–H groups in total. The summed E-state index contributed by atoms with van der Waals surface area (Å²) in [5, 5.41) is 0.958. The fraction of sp³-hybridized carbons (Fsp3) is 0.333. The van der Waals surface area contributed by atoms with Crippen molar-refractivity contribution >= 4 is 0 Å². The van der Waals surface area contributed by atoms with Gasteiger partial charge >= 0.3 is 6.18 Å². The van der Waals surface area contributed by atoms with E-state index in [1.807, 2.05) is 0 Å². The molecule has 1 heterocycles. The number of halogens is 3. The van der Waals surface area contributed by atoms with Crippen LogP contribution in [0.4, 0.5) is 13.2 Å². The summed E-state index contributed by atoms with van der Waals surface area (Å²) in [5.41, 5.74) is 2.42. The molecule has 5 heteroatoms. The van der Waals surface area contributed by atoms with E-state index < -0.39 is 12.7 Å². The molecule has 0 spiro atoms. The number of hydrogen-bond donors (Lipinski definition) is 1. The largest absolute Gasteiger partial charge is 0.407 e. The van der Waals surface area contributed by atoms with Crippen LogP contribution in [-0.2, 0) is 0 Å². The van der Waals surface area contributed by atoms with E-state index in [1.165, 1.54) is 18.5 Å². The second-order valence-electron chi connectivity index (χ2n) is 2.07. The number of hydrazine groups is 1. The van der Waals surface area contributed by atoms with Gasteiger partial charge in [-0.1, -0.05) is 0 Å². The fourth-order valence-corrected chi connectivity index (χ4v) is 0.682. The minimum atomic E-state index is -4.16. The third kappa shape index (κ3) is 2.97. The van der Waals surface area contributed by atoms with Crippen LogP contribution in [0.2, 0.25) is 0 Å². The first-order valence-corrected chi connectivity index (χ1v) is 3.01. The first-order valence-electron chi connectivity index (χ1n) is 3.01. The van der Waals surface area contributed by atoms with E-state index in [0.717, 1.165) is 5.01 Å². The first-order chi connectivity index (χ1) is 5.08. The Morgan fingerprint density at radius 3 is 2.45 bits per heavy atom. The molecule has 1 rings (SSSR count). The molecule has 0 radical (unpaired) electrons. The lowest BCUT2D eigenvalue weighted by atomic mass is 10.5. The van der Waals surface area contributed by atoms with Crippen LogP contribution in [0.25, 0.3) is 0 Å². The van der Waals surface area contributed by atoms with E-state index in [9.17, 15) is 13.2 Å². The van der Waals surface area contributed by atoms with Crippen LogP contribution < -0.4 is 5.43 Å². The molecule has 0 unspecified atom stereocenters. The van der Waals surface area contributed by atoms with Crippen molar-refractivity contribution in [1.29, 1.82) is 0 Å². The van der Waals surface area contributed by atoms with E-state index >= 15 is 0 Å². The van der Waals surface area contributed by atoms with E-state index in [1.54, 1.807) is 6.08 Å². The Balaban J connectivity index is 2.39. The van der Waals surface area contributed by atoms with Gasteiger partial charge < -0.3 is 5.43 Å². The Morgan fingerprint density at radius 1 is 1.27 bits per heavy atom. The highest BCUT2D eigenvalue weighted by Crippen LogP contribution is 2.15. The van der Waals surface area contributed by atoms with Gasteiger partial charge in [0, 0.05) is 12.4 Å². The number of nitrogens with one attached hydrogen (secondary N) is 1. The minimum absolute atomic E-state index is 0.958. The van der Waals surface area contributed by atoms with E-state index in [2.05, 4.69) is 5.43 Å². The summed E-state index contributed by atoms with van der Waals surface area (Å²) in [6.45, 7) is -0.978. The van der Waals surface area contributed by atoms with Crippen molar-refractivity contribution in [2.75, 3.05) is 6.54 Å². The van der Waals surface area contributed by atoms with Crippen molar-refractivity contribution in [3.63, 3.8) is 0 Å². The second-order valence-corrected chi connectivity index (χ2v) is 2.07. The maximum Gasteiger partial charge on any atom is 0.407 e. The van der Waals surface area contributed by atoms with Crippen LogP contribution in [0.15, 0.2) is 24.6 Å². The fourth-order valence-electron chi connectivity index (χ4n) is 0.682. The summed E-state index contributed by atoms with van der Waals surface area (Å²) < 4.78 is 35.1. The van der Waals surface area contributed by atoms with Crippen LogP contribution in [-0.4, -0.2) is 17.7 Å². The third-order valence-electron chi connectivity index (χ3n) is 1.06. The van der Waals surface area contributed by atoms with Crippen LogP contribution in [0.1, 0.15) is 0 Å². The predicted molar refractivity (Wildman–Crippen MR) is 34.2 cm³/mol. The lowest BCUT2D eigenvalue weighted by Gasteiger charge is -2.22. The lowest BCUT2D eigenvalue weighted by molar-refractivity contribution is -0.144. The van der Waals surface area contributed by atoms with Crippen molar-refractivity contribution in [2.24, 2.45) is 0 Å². The van der Waals surface area contributed by atoms with Gasteiger partial charge in [0.25, 0.3) is 0 Å². The predicted octanol–water partition coefficient (Wildman–Crippen LogP) is 1.40. The van der Waals surface area contributed by atoms with Crippen LogP contribution >= 0.6 is 0 Å². The number of rotatable bonds is 1. The smallest absolute Gasteiger partial charge is 0.306 e. The summed E-state index contributed by atoms with van der Waals surface area (Å²) >= 11 is 0. The van der Waals surface area contributed by atoms with E-state index in [-0.39, 0.29) is 0 Å². The molecule has 2 nitrogen and oxygen atoms in total. The molecule has 0 atom stereocenters. The molecule has 11 heavy (non-hydrogen) atoms. The average molecular weight is 164 g/mol. The Hall–Kier alpha value is -1.13. The SMILES string of the molecule is FC(F)(F)CN1C=CC=CN1. The van der Waals surface area contributed by atoms with Crippen molar-refractivity contribution in [3.8, 4) is 0 Å². The third-order valence-corrected chi connectivity index (χ3v) is 1.06. The molecule has 0 saturated carbocycles. The maximum absolute atomic E-state index is 11.7. The first kappa shape index (κ1) is 7.97. The van der Waals surface area contributed by atoms with Gasteiger partial charge in [0.15, 0.2) is 0 Å². The topological polar surface area (TPSA) is 15.3 Å². The van der Waals surface area contributed by atoms with E-state index in [0.29, 0.717) is 0 Å². The minimum Gasteiger partial charge on any atom is -0.306 e. The molecule has 0 aromatic rings. The second kappa shape index (κ2) is 2.86. The van der Waals surface area contributed by atoms with Gasteiger partial charge in [-0.2, -0.15) is 13.2 Å². The number of hydrogen-bond acceptors (Lipinski definition) is 2. The molecule has 0 amide bonds. The number of alkyl halides is 3. The van der Waals surface area contributed by atoms with Gasteiger partial charge in [-0.3, -0.25) is 5.01 Å². The molecule has 0 aliphatic carbocycles. The van der Waals surface area contributed by atoms with Gasteiger partial charge in [0.2, 0.25) is 0 Å². The van der Waals surface area contributed by atoms with Crippen molar-refractivity contribution in [2.45, 2.75) is 6.18 Å². The van der Waals surface area contributed by atoms with Crippen molar-refractivity contribution in [1.82, 2.24) is 10.4 Å². The Bertz CT molecular complexity index is 183. The maximum atomic E-state index is 11.7. The standard InChI is InChI=1S/C6H7F3N2/c7-6(8,9)5-11-4-2-1-3-10-11/h1-4,10H,5H2. The zero-order valence-corrected chi connectivity index (χ0v) is 5.60. The summed E-state index contributed by atoms with van der Waals surface area (Å²) in [6.07, 6.45) is 1.75. The Labute approximate surface area is 62.0 Å². The van der Waals surface area contributed by atoms with Crippen molar-refractivity contribution in [3.05, 3.63) is 24.6 Å². The molecule has 1 aliphatic rings. The van der Waals surface area contributed by atoms with Gasteiger partial charge in [0.05, 0.1) is 0 Å². The zero-order chi connectivity index (χ0) is 8.32. The molecule has 0 bridgehead atoms. The molecule has 62 valence electrons. The van der Waals surface area contributed by atoms with Crippen LogP contribution in [0.5, 0.6) is 0 Å². The quantitative estimate of drug-likeness (QED) is 0.630. The molecule has 1 aliphatic heterocycles. The Kier molecular flexibility index (Phi) is 2.07. The Morgan fingerprint density at radius 2 is 2.00 bits per heavy atom. The van der Waals surface area contributed by atoms with Gasteiger partial charge in [-0.15, -0.1) is 0 Å². The number of nitrogens with zero attached hydrogens (tertiary/aromatic N) is 1. The highest BCUT2D eigenvalue weighted by atomic mass is 19.4. The summed E-state index contributed by atoms with van der Waals surface area (Å²) in [6, 6.07) is 0. The van der Waals surface area contributed by atoms with Crippen LogP contribution in [0, 0.1) is 0 Å². The highest BCUT2D eigenvalue weighted by molar-refractivity contribution is 5.04. The molecule has 0 aromatic heterocycles. The molecule has 0 saturated heterocycles. The zero-order valence-electron chi connectivity index (χ0n) is 5.60. The molecule has 0 fully saturated rings. The lowest BCUT2D eigenvalue weighted by Crippen LogP contribution is -2.38.